The summed E-state index contributed by atoms with van der Waals surface area (Å²) >= 11 is 2.03. The quantitative estimate of drug-likeness (QED) is 0.395. The monoisotopic (exact) mass is 442 g/mol. The highest BCUT2D eigenvalue weighted by atomic mass is 32.2. The minimum absolute atomic E-state index is 0.0563. The zero-order valence-electron chi connectivity index (χ0n) is 14.8. The van der Waals surface area contributed by atoms with Crippen LogP contribution < -0.4 is 10.1 Å². The van der Waals surface area contributed by atoms with Gasteiger partial charge < -0.3 is 10.1 Å². The van der Waals surface area contributed by atoms with E-state index in [2.05, 4.69) is 15.5 Å². The lowest BCUT2D eigenvalue weighted by Crippen LogP contribution is -2.05. The first-order valence-corrected chi connectivity index (χ1v) is 9.63. The zero-order chi connectivity index (χ0) is 21.0. The predicted molar refractivity (Wildman–Crippen MR) is 102 cm³/mol. The number of hydrogen-bond donors (Lipinski definition) is 1. The van der Waals surface area contributed by atoms with Gasteiger partial charge in [-0.05, 0) is 41.6 Å². The standard InChI is InChI=1S/C17H13F3N4O3S2/c1-27-12-5-2-10(3-6-12)9-21-15-22-23-16(29-15)28-14-7-4-11(17(18,19)20)8-13(14)24(25)26/h2-8H,9H2,1H3,(H,21,22). The van der Waals surface area contributed by atoms with Crippen LogP contribution in [0.25, 0.3) is 0 Å². The number of nitro groups is 1. The summed E-state index contributed by atoms with van der Waals surface area (Å²) in [7, 11) is 1.58. The van der Waals surface area contributed by atoms with Crippen LogP contribution in [0, 0.1) is 10.1 Å². The number of hydrogen-bond acceptors (Lipinski definition) is 8. The third kappa shape index (κ3) is 5.35. The molecule has 0 bridgehead atoms. The second kappa shape index (κ2) is 8.66. The molecule has 1 N–H and O–H groups in total. The summed E-state index contributed by atoms with van der Waals surface area (Å²) < 4.78 is 43.8. The Balaban J connectivity index is 1.70. The molecule has 3 aromatic rings. The summed E-state index contributed by atoms with van der Waals surface area (Å²) in [6, 6.07) is 9.80. The van der Waals surface area contributed by atoms with Crippen molar-refractivity contribution < 1.29 is 22.8 Å². The second-order valence-corrected chi connectivity index (χ2v) is 7.88. The van der Waals surface area contributed by atoms with Crippen LogP contribution in [0.5, 0.6) is 5.75 Å². The van der Waals surface area contributed by atoms with Gasteiger partial charge in [-0.3, -0.25) is 10.1 Å². The van der Waals surface area contributed by atoms with Crippen molar-refractivity contribution in [2.24, 2.45) is 0 Å². The highest BCUT2D eigenvalue weighted by Gasteiger charge is 2.33. The van der Waals surface area contributed by atoms with Crippen LogP contribution in [0.15, 0.2) is 51.7 Å². The van der Waals surface area contributed by atoms with Crippen LogP contribution in [-0.2, 0) is 12.7 Å². The van der Waals surface area contributed by atoms with Gasteiger partial charge in [0.15, 0.2) is 4.34 Å². The molecule has 0 aliphatic heterocycles. The molecule has 152 valence electrons. The first-order valence-electron chi connectivity index (χ1n) is 8.00. The molecule has 0 aliphatic carbocycles. The zero-order valence-corrected chi connectivity index (χ0v) is 16.4. The molecule has 0 unspecified atom stereocenters. The highest BCUT2D eigenvalue weighted by molar-refractivity contribution is 8.01. The molecule has 2 aromatic carbocycles. The lowest BCUT2D eigenvalue weighted by Gasteiger charge is -2.07. The lowest BCUT2D eigenvalue weighted by molar-refractivity contribution is -0.388. The van der Waals surface area contributed by atoms with Crippen LogP contribution in [0.2, 0.25) is 0 Å². The molecule has 0 saturated heterocycles. The Bertz CT molecular complexity index is 1010. The fraction of sp³-hybridized carbons (Fsp3) is 0.176. The van der Waals surface area contributed by atoms with Gasteiger partial charge in [-0.2, -0.15) is 13.2 Å². The van der Waals surface area contributed by atoms with E-state index in [4.69, 9.17) is 4.74 Å². The summed E-state index contributed by atoms with van der Waals surface area (Å²) in [4.78, 5) is 10.4. The SMILES string of the molecule is COc1ccc(CNc2nnc(Sc3ccc(C(F)(F)F)cc3[N+](=O)[O-])s2)cc1. The van der Waals surface area contributed by atoms with Crippen molar-refractivity contribution in [1.29, 1.82) is 0 Å². The van der Waals surface area contributed by atoms with E-state index in [1.165, 1.54) is 0 Å². The second-order valence-electron chi connectivity index (χ2n) is 5.61. The van der Waals surface area contributed by atoms with E-state index in [0.717, 1.165) is 46.5 Å². The first kappa shape index (κ1) is 20.9. The predicted octanol–water partition coefficient (Wildman–Crippen LogP) is 5.24. The number of anilines is 1. The van der Waals surface area contributed by atoms with E-state index in [0.29, 0.717) is 22.1 Å². The molecule has 0 spiro atoms. The maximum atomic E-state index is 12.8. The van der Waals surface area contributed by atoms with Crippen LogP contribution in [0.4, 0.5) is 24.0 Å². The van der Waals surface area contributed by atoms with E-state index in [9.17, 15) is 23.3 Å². The highest BCUT2D eigenvalue weighted by Crippen LogP contribution is 2.40. The number of aromatic nitrogens is 2. The molecule has 0 fully saturated rings. The van der Waals surface area contributed by atoms with Crippen molar-refractivity contribution in [1.82, 2.24) is 10.2 Å². The molecule has 1 aromatic heterocycles. The van der Waals surface area contributed by atoms with Gasteiger partial charge in [-0.1, -0.05) is 23.5 Å². The average molecular weight is 442 g/mol. The summed E-state index contributed by atoms with van der Waals surface area (Å²) in [6.45, 7) is 0.476. The van der Waals surface area contributed by atoms with Gasteiger partial charge in [0.05, 0.1) is 22.5 Å². The van der Waals surface area contributed by atoms with Crippen molar-refractivity contribution in [3.63, 3.8) is 0 Å². The van der Waals surface area contributed by atoms with E-state index in [1.54, 1.807) is 7.11 Å². The molecular weight excluding hydrogens is 429 g/mol. The fourth-order valence-electron chi connectivity index (χ4n) is 2.26. The van der Waals surface area contributed by atoms with Gasteiger partial charge in [0, 0.05) is 12.6 Å². The molecule has 29 heavy (non-hydrogen) atoms. The van der Waals surface area contributed by atoms with Crippen molar-refractivity contribution in [2.45, 2.75) is 22.0 Å². The largest absolute Gasteiger partial charge is 0.497 e. The Morgan fingerprint density at radius 1 is 1.21 bits per heavy atom. The van der Waals surface area contributed by atoms with Gasteiger partial charge >= 0.3 is 6.18 Å². The molecule has 1 heterocycles. The minimum Gasteiger partial charge on any atom is -0.497 e. The molecule has 12 heteroatoms. The molecule has 0 saturated carbocycles. The van der Waals surface area contributed by atoms with Gasteiger partial charge in [0.2, 0.25) is 5.13 Å². The third-order valence-corrected chi connectivity index (χ3v) is 5.69. The number of rotatable bonds is 7. The van der Waals surface area contributed by atoms with Crippen molar-refractivity contribution in [2.75, 3.05) is 12.4 Å². The topological polar surface area (TPSA) is 90.2 Å². The van der Waals surface area contributed by atoms with E-state index in [-0.39, 0.29) is 4.90 Å². The summed E-state index contributed by atoms with van der Waals surface area (Å²) in [5.74, 6) is 0.737. The smallest absolute Gasteiger partial charge is 0.416 e. The Kier molecular flexibility index (Phi) is 6.23. The normalized spacial score (nSPS) is 11.3. The number of nitrogens with zero attached hydrogens (tertiary/aromatic N) is 3. The first-order chi connectivity index (χ1) is 13.8. The fourth-order valence-corrected chi connectivity index (χ4v) is 4.05. The number of nitro benzene ring substituents is 1. The maximum absolute atomic E-state index is 12.8. The molecule has 0 radical (unpaired) electrons. The molecule has 0 aliphatic rings. The maximum Gasteiger partial charge on any atom is 0.416 e. The Morgan fingerprint density at radius 2 is 1.93 bits per heavy atom. The molecule has 3 rings (SSSR count). The summed E-state index contributed by atoms with van der Waals surface area (Å²) in [5, 5.41) is 22.6. The number of halogens is 3. The summed E-state index contributed by atoms with van der Waals surface area (Å²) in [5.41, 5.74) is -0.728. The van der Waals surface area contributed by atoms with Gasteiger partial charge in [0.25, 0.3) is 5.69 Å². The number of nitrogens with one attached hydrogen (secondary N) is 1. The van der Waals surface area contributed by atoms with Crippen LogP contribution >= 0.6 is 23.1 Å². The van der Waals surface area contributed by atoms with Crippen molar-refractivity contribution >= 4 is 33.9 Å². The minimum atomic E-state index is -4.66. The van der Waals surface area contributed by atoms with E-state index in [1.807, 2.05) is 24.3 Å². The van der Waals surface area contributed by atoms with E-state index < -0.39 is 22.4 Å². The number of methoxy groups -OCH3 is 1. The molecule has 7 nitrogen and oxygen atoms in total. The van der Waals surface area contributed by atoms with Gasteiger partial charge in [-0.25, -0.2) is 0 Å². The molecule has 0 atom stereocenters. The number of ether oxygens (including phenoxy) is 1. The molecular formula is C17H13F3N4O3S2. The van der Waals surface area contributed by atoms with Crippen molar-refractivity contribution in [3.05, 3.63) is 63.7 Å². The lowest BCUT2D eigenvalue weighted by atomic mass is 10.2. The van der Waals surface area contributed by atoms with Crippen molar-refractivity contribution in [3.8, 4) is 5.75 Å². The van der Waals surface area contributed by atoms with Gasteiger partial charge in [0.1, 0.15) is 5.75 Å². The van der Waals surface area contributed by atoms with E-state index >= 15 is 0 Å². The Hall–Kier alpha value is -2.86. The average Bonchev–Trinajstić information content (AvgIpc) is 3.13. The Labute approximate surface area is 171 Å². The third-order valence-electron chi connectivity index (χ3n) is 3.69. The number of alkyl halides is 3. The number of benzene rings is 2. The Morgan fingerprint density at radius 3 is 2.55 bits per heavy atom. The van der Waals surface area contributed by atoms with Gasteiger partial charge in [-0.15, -0.1) is 10.2 Å². The molecule has 0 amide bonds. The van der Waals surface area contributed by atoms with Crippen LogP contribution in [0.3, 0.4) is 0 Å². The van der Waals surface area contributed by atoms with Crippen LogP contribution in [-0.4, -0.2) is 22.2 Å². The summed E-state index contributed by atoms with van der Waals surface area (Å²) in [6.07, 6.45) is -4.66. The van der Waals surface area contributed by atoms with Crippen LogP contribution in [0.1, 0.15) is 11.1 Å².